The number of anilines is 1. The van der Waals surface area contributed by atoms with E-state index in [-0.39, 0.29) is 0 Å². The number of nitrogens with zero attached hydrogens (tertiary/aromatic N) is 4. The van der Waals surface area contributed by atoms with E-state index < -0.39 is 0 Å². The molecule has 2 aromatic rings. The first-order valence-corrected chi connectivity index (χ1v) is 4.96. The van der Waals surface area contributed by atoms with Crippen LogP contribution >= 0.6 is 0 Å². The average molecular weight is 215 g/mol. The van der Waals surface area contributed by atoms with E-state index >= 15 is 0 Å². The van der Waals surface area contributed by atoms with Crippen LogP contribution in [0.3, 0.4) is 0 Å². The number of hydrogen-bond donors (Lipinski definition) is 1. The van der Waals surface area contributed by atoms with Crippen molar-refractivity contribution in [2.45, 2.75) is 6.54 Å². The van der Waals surface area contributed by atoms with Gasteiger partial charge in [0.1, 0.15) is 17.4 Å². The molecule has 0 saturated heterocycles. The van der Waals surface area contributed by atoms with Crippen molar-refractivity contribution < 1.29 is 0 Å². The predicted octanol–water partition coefficient (Wildman–Crippen LogP) is 0.731. The molecule has 0 spiro atoms. The molecule has 2 heterocycles. The molecule has 0 aromatic carbocycles. The van der Waals surface area contributed by atoms with Crippen molar-refractivity contribution >= 4 is 11.2 Å². The van der Waals surface area contributed by atoms with Crippen molar-refractivity contribution in [3.63, 3.8) is 0 Å². The summed E-state index contributed by atoms with van der Waals surface area (Å²) >= 11 is 0. The fourth-order valence-corrected chi connectivity index (χ4v) is 1.77. The van der Waals surface area contributed by atoms with Crippen LogP contribution in [-0.2, 0) is 6.54 Å². The quantitative estimate of drug-likeness (QED) is 0.801. The molecule has 2 rings (SSSR count). The lowest BCUT2D eigenvalue weighted by Gasteiger charge is -2.14. The highest BCUT2D eigenvalue weighted by atomic mass is 15.1. The van der Waals surface area contributed by atoms with E-state index in [9.17, 15) is 0 Å². The van der Waals surface area contributed by atoms with Gasteiger partial charge in [0.15, 0.2) is 5.69 Å². The fraction of sp³-hybridized carbons (Fsp3) is 0.273. The van der Waals surface area contributed by atoms with Gasteiger partial charge in [-0.1, -0.05) is 0 Å². The van der Waals surface area contributed by atoms with Gasteiger partial charge in [0, 0.05) is 20.3 Å². The lowest BCUT2D eigenvalue weighted by atomic mass is 10.3. The molecule has 5 nitrogen and oxygen atoms in total. The van der Waals surface area contributed by atoms with Crippen LogP contribution in [0.25, 0.3) is 5.52 Å². The summed E-state index contributed by atoms with van der Waals surface area (Å²) in [6.07, 6.45) is 1.87. The molecule has 82 valence electrons. The van der Waals surface area contributed by atoms with E-state index in [1.165, 1.54) is 0 Å². The molecular formula is C11H13N5. The van der Waals surface area contributed by atoms with Crippen LogP contribution in [0.1, 0.15) is 11.5 Å². The number of hydrogen-bond acceptors (Lipinski definition) is 4. The summed E-state index contributed by atoms with van der Waals surface area (Å²) in [5.41, 5.74) is 7.80. The number of imidazole rings is 1. The Morgan fingerprint density at radius 3 is 2.88 bits per heavy atom. The zero-order valence-electron chi connectivity index (χ0n) is 9.31. The van der Waals surface area contributed by atoms with Crippen LogP contribution in [0.5, 0.6) is 0 Å². The van der Waals surface area contributed by atoms with Crippen molar-refractivity contribution in [3.05, 3.63) is 29.8 Å². The van der Waals surface area contributed by atoms with Gasteiger partial charge in [-0.15, -0.1) is 0 Å². The first-order chi connectivity index (χ1) is 7.69. The molecule has 0 aliphatic rings. The van der Waals surface area contributed by atoms with Gasteiger partial charge in [-0.25, -0.2) is 4.98 Å². The molecule has 16 heavy (non-hydrogen) atoms. The van der Waals surface area contributed by atoms with E-state index in [1.54, 1.807) is 0 Å². The minimum atomic E-state index is 0.319. The van der Waals surface area contributed by atoms with E-state index in [0.717, 1.165) is 11.2 Å². The Labute approximate surface area is 93.7 Å². The van der Waals surface area contributed by atoms with Crippen LogP contribution in [0.4, 0.5) is 5.69 Å². The molecule has 0 radical (unpaired) electrons. The lowest BCUT2D eigenvalue weighted by molar-refractivity contribution is 0.901. The normalized spacial score (nSPS) is 10.4. The molecule has 5 heteroatoms. The maximum Gasteiger partial charge on any atom is 0.168 e. The Morgan fingerprint density at radius 1 is 1.56 bits per heavy atom. The van der Waals surface area contributed by atoms with Gasteiger partial charge >= 0.3 is 0 Å². The third-order valence-electron chi connectivity index (χ3n) is 2.49. The third kappa shape index (κ3) is 1.40. The number of nitrogens with two attached hydrogens (primary N) is 1. The lowest BCUT2D eigenvalue weighted by Crippen LogP contribution is -2.10. The standard InChI is InChI=1S/C11H13N5/c1-15(2)9-4-3-5-16-10(7-13)14-8(6-12)11(9)16/h3-5H,7,13H2,1-2H3. The molecule has 2 aromatic heterocycles. The van der Waals surface area contributed by atoms with Gasteiger partial charge in [0.2, 0.25) is 0 Å². The second-order valence-electron chi connectivity index (χ2n) is 3.70. The van der Waals surface area contributed by atoms with Crippen LogP contribution in [0, 0.1) is 11.3 Å². The molecule has 0 unspecified atom stereocenters. The van der Waals surface area contributed by atoms with Gasteiger partial charge < -0.3 is 10.6 Å². The van der Waals surface area contributed by atoms with E-state index in [0.29, 0.717) is 18.1 Å². The van der Waals surface area contributed by atoms with Gasteiger partial charge in [-0.05, 0) is 12.1 Å². The zero-order valence-corrected chi connectivity index (χ0v) is 9.31. The Kier molecular flexibility index (Phi) is 2.50. The zero-order chi connectivity index (χ0) is 11.7. The summed E-state index contributed by atoms with van der Waals surface area (Å²) in [5, 5.41) is 9.07. The summed E-state index contributed by atoms with van der Waals surface area (Å²) < 4.78 is 1.87. The SMILES string of the molecule is CN(C)c1cccn2c(CN)nc(C#N)c12. The van der Waals surface area contributed by atoms with E-state index in [2.05, 4.69) is 11.1 Å². The van der Waals surface area contributed by atoms with Gasteiger partial charge in [0.25, 0.3) is 0 Å². The number of rotatable bonds is 2. The smallest absolute Gasteiger partial charge is 0.168 e. The Balaban J connectivity index is 2.86. The number of fused-ring (bicyclic) bond motifs is 1. The third-order valence-corrected chi connectivity index (χ3v) is 2.49. The summed E-state index contributed by atoms with van der Waals surface area (Å²) in [6.45, 7) is 0.319. The maximum absolute atomic E-state index is 9.07. The molecule has 0 amide bonds. The first kappa shape index (κ1) is 10.5. The average Bonchev–Trinajstić information content (AvgIpc) is 2.66. The Hall–Kier alpha value is -2.06. The number of aromatic nitrogens is 2. The highest BCUT2D eigenvalue weighted by Crippen LogP contribution is 2.23. The van der Waals surface area contributed by atoms with Crippen molar-refractivity contribution in [1.29, 1.82) is 5.26 Å². The number of pyridine rings is 1. The van der Waals surface area contributed by atoms with Crippen molar-refractivity contribution in [3.8, 4) is 6.07 Å². The van der Waals surface area contributed by atoms with Gasteiger partial charge in [-0.3, -0.25) is 4.40 Å². The molecule has 0 aliphatic carbocycles. The topological polar surface area (TPSA) is 70.3 Å². The molecule has 0 fully saturated rings. The minimum Gasteiger partial charge on any atom is -0.376 e. The van der Waals surface area contributed by atoms with Crippen LogP contribution in [-0.4, -0.2) is 23.5 Å². The first-order valence-electron chi connectivity index (χ1n) is 4.96. The summed E-state index contributed by atoms with van der Waals surface area (Å²) in [4.78, 5) is 6.18. The molecule has 0 aliphatic heterocycles. The predicted molar refractivity (Wildman–Crippen MR) is 62.1 cm³/mol. The molecule has 2 N–H and O–H groups in total. The van der Waals surface area contributed by atoms with Gasteiger partial charge in [0.05, 0.1) is 12.2 Å². The molecule has 0 atom stereocenters. The molecule has 0 saturated carbocycles. The van der Waals surface area contributed by atoms with Crippen LogP contribution < -0.4 is 10.6 Å². The molecular weight excluding hydrogens is 202 g/mol. The van der Waals surface area contributed by atoms with E-state index in [1.807, 2.05) is 41.7 Å². The number of nitriles is 1. The largest absolute Gasteiger partial charge is 0.376 e. The molecule has 0 bridgehead atoms. The second-order valence-corrected chi connectivity index (χ2v) is 3.70. The highest BCUT2D eigenvalue weighted by Gasteiger charge is 2.13. The minimum absolute atomic E-state index is 0.319. The van der Waals surface area contributed by atoms with Crippen molar-refractivity contribution in [2.24, 2.45) is 5.73 Å². The monoisotopic (exact) mass is 215 g/mol. The summed E-state index contributed by atoms with van der Waals surface area (Å²) in [6, 6.07) is 5.98. The van der Waals surface area contributed by atoms with Crippen molar-refractivity contribution in [2.75, 3.05) is 19.0 Å². The fourth-order valence-electron chi connectivity index (χ4n) is 1.77. The highest BCUT2D eigenvalue weighted by molar-refractivity contribution is 5.78. The summed E-state index contributed by atoms with van der Waals surface area (Å²) in [7, 11) is 3.87. The van der Waals surface area contributed by atoms with Crippen LogP contribution in [0.2, 0.25) is 0 Å². The Bertz CT molecular complexity index is 561. The second kappa shape index (κ2) is 3.83. The van der Waals surface area contributed by atoms with Crippen LogP contribution in [0.15, 0.2) is 18.3 Å². The van der Waals surface area contributed by atoms with Gasteiger partial charge in [-0.2, -0.15) is 5.26 Å². The van der Waals surface area contributed by atoms with E-state index in [4.69, 9.17) is 11.0 Å². The maximum atomic E-state index is 9.07. The van der Waals surface area contributed by atoms with Crippen molar-refractivity contribution in [1.82, 2.24) is 9.38 Å². The summed E-state index contributed by atoms with van der Waals surface area (Å²) in [5.74, 6) is 0.704. The Morgan fingerprint density at radius 2 is 2.31 bits per heavy atom.